The standard InChI is InChI=1S/C23H29ClN4/c1-17-3-2-10-28(17)22-9-12-26(16-22)21-6-4-19-15-27(11-8-18(19)13-21)23-7-5-20(24)14-25-23/h4-7,13-14,17,22H,2-3,8-12,15-16H2,1H3. The zero-order chi connectivity index (χ0) is 19.1. The number of hydrogen-bond acceptors (Lipinski definition) is 4. The largest absolute Gasteiger partial charge is 0.370 e. The second-order valence-electron chi connectivity index (χ2n) is 8.58. The summed E-state index contributed by atoms with van der Waals surface area (Å²) in [6.07, 6.45) is 6.86. The molecule has 0 spiro atoms. The van der Waals surface area contributed by atoms with Crippen LogP contribution in [0.2, 0.25) is 5.02 Å². The van der Waals surface area contributed by atoms with Crippen molar-refractivity contribution in [1.29, 1.82) is 0 Å². The Morgan fingerprint density at radius 2 is 1.93 bits per heavy atom. The zero-order valence-corrected chi connectivity index (χ0v) is 17.4. The van der Waals surface area contributed by atoms with Gasteiger partial charge >= 0.3 is 0 Å². The molecule has 2 fully saturated rings. The topological polar surface area (TPSA) is 22.6 Å². The normalized spacial score (nSPS) is 25.4. The zero-order valence-electron chi connectivity index (χ0n) is 16.6. The van der Waals surface area contributed by atoms with Crippen LogP contribution in [0.4, 0.5) is 11.5 Å². The van der Waals surface area contributed by atoms with E-state index in [9.17, 15) is 0 Å². The van der Waals surface area contributed by atoms with Crippen molar-refractivity contribution >= 4 is 23.1 Å². The molecule has 148 valence electrons. The summed E-state index contributed by atoms with van der Waals surface area (Å²) in [6, 6.07) is 12.5. The number of rotatable bonds is 3. The van der Waals surface area contributed by atoms with Gasteiger partial charge in [0.2, 0.25) is 0 Å². The van der Waals surface area contributed by atoms with Gasteiger partial charge in [-0.15, -0.1) is 0 Å². The molecular formula is C23H29ClN4. The van der Waals surface area contributed by atoms with Crippen molar-refractivity contribution in [1.82, 2.24) is 9.88 Å². The van der Waals surface area contributed by atoms with Crippen molar-refractivity contribution in [3.8, 4) is 0 Å². The summed E-state index contributed by atoms with van der Waals surface area (Å²) in [5, 5.41) is 0.693. The number of likely N-dealkylation sites (tertiary alicyclic amines) is 1. The van der Waals surface area contributed by atoms with Gasteiger partial charge in [0.15, 0.2) is 0 Å². The molecule has 4 nitrogen and oxygen atoms in total. The van der Waals surface area contributed by atoms with E-state index >= 15 is 0 Å². The molecule has 0 bridgehead atoms. The van der Waals surface area contributed by atoms with Crippen LogP contribution in [-0.4, -0.2) is 48.1 Å². The highest BCUT2D eigenvalue weighted by molar-refractivity contribution is 6.30. The van der Waals surface area contributed by atoms with Gasteiger partial charge in [-0.3, -0.25) is 4.90 Å². The fraction of sp³-hybridized carbons (Fsp3) is 0.522. The maximum absolute atomic E-state index is 5.98. The van der Waals surface area contributed by atoms with Gasteiger partial charge in [-0.05, 0) is 74.5 Å². The van der Waals surface area contributed by atoms with Crippen LogP contribution >= 0.6 is 11.6 Å². The molecule has 5 heteroatoms. The lowest BCUT2D eigenvalue weighted by molar-refractivity contribution is 0.204. The van der Waals surface area contributed by atoms with Gasteiger partial charge in [0.1, 0.15) is 5.82 Å². The van der Waals surface area contributed by atoms with E-state index in [4.69, 9.17) is 11.6 Å². The minimum absolute atomic E-state index is 0.693. The lowest BCUT2D eigenvalue weighted by atomic mass is 9.98. The van der Waals surface area contributed by atoms with Crippen molar-refractivity contribution in [2.24, 2.45) is 0 Å². The average Bonchev–Trinajstić information content (AvgIpc) is 3.36. The van der Waals surface area contributed by atoms with Gasteiger partial charge in [0.05, 0.1) is 5.02 Å². The molecule has 0 aliphatic carbocycles. The first-order chi connectivity index (χ1) is 13.7. The molecule has 3 aliphatic heterocycles. The van der Waals surface area contributed by atoms with Gasteiger partial charge in [-0.25, -0.2) is 4.98 Å². The first-order valence-corrected chi connectivity index (χ1v) is 11.0. The number of pyridine rings is 1. The molecule has 2 atom stereocenters. The summed E-state index contributed by atoms with van der Waals surface area (Å²) in [5.74, 6) is 1.02. The third kappa shape index (κ3) is 3.48. The predicted octanol–water partition coefficient (Wildman–Crippen LogP) is 4.36. The van der Waals surface area contributed by atoms with Gasteiger partial charge in [-0.2, -0.15) is 0 Å². The highest BCUT2D eigenvalue weighted by Gasteiger charge is 2.33. The summed E-state index contributed by atoms with van der Waals surface area (Å²) < 4.78 is 0. The van der Waals surface area contributed by atoms with Crippen LogP contribution < -0.4 is 9.80 Å². The summed E-state index contributed by atoms with van der Waals surface area (Å²) in [6.45, 7) is 8.00. The number of halogens is 1. The van der Waals surface area contributed by atoms with Crippen LogP contribution in [0.5, 0.6) is 0 Å². The van der Waals surface area contributed by atoms with E-state index in [1.165, 1.54) is 55.7 Å². The molecular weight excluding hydrogens is 368 g/mol. The molecule has 4 heterocycles. The van der Waals surface area contributed by atoms with Crippen molar-refractivity contribution in [3.05, 3.63) is 52.7 Å². The fourth-order valence-corrected chi connectivity index (χ4v) is 5.34. The molecule has 0 N–H and O–H groups in total. The lowest BCUT2D eigenvalue weighted by Gasteiger charge is -2.31. The Morgan fingerprint density at radius 3 is 2.71 bits per heavy atom. The number of anilines is 2. The second-order valence-corrected chi connectivity index (χ2v) is 9.01. The van der Waals surface area contributed by atoms with Gasteiger partial charge < -0.3 is 9.80 Å². The van der Waals surface area contributed by atoms with Crippen molar-refractivity contribution in [2.45, 2.75) is 51.2 Å². The van der Waals surface area contributed by atoms with Crippen LogP contribution in [-0.2, 0) is 13.0 Å². The Bertz CT molecular complexity index is 837. The van der Waals surface area contributed by atoms with Gasteiger partial charge in [-0.1, -0.05) is 17.7 Å². The highest BCUT2D eigenvalue weighted by atomic mass is 35.5. The number of benzene rings is 1. The molecule has 0 saturated carbocycles. The van der Waals surface area contributed by atoms with Crippen molar-refractivity contribution in [3.63, 3.8) is 0 Å². The Labute approximate surface area is 173 Å². The van der Waals surface area contributed by atoms with Crippen LogP contribution in [0, 0.1) is 0 Å². The summed E-state index contributed by atoms with van der Waals surface area (Å²) in [5.41, 5.74) is 4.34. The van der Waals surface area contributed by atoms with E-state index in [-0.39, 0.29) is 0 Å². The predicted molar refractivity (Wildman–Crippen MR) is 116 cm³/mol. The molecule has 1 aromatic carbocycles. The number of nitrogens with zero attached hydrogens (tertiary/aromatic N) is 4. The Kier molecular flexibility index (Phi) is 4.93. The van der Waals surface area contributed by atoms with E-state index in [0.29, 0.717) is 5.02 Å². The van der Waals surface area contributed by atoms with Crippen LogP contribution in [0.25, 0.3) is 0 Å². The van der Waals surface area contributed by atoms with E-state index in [1.807, 2.05) is 12.1 Å². The fourth-order valence-electron chi connectivity index (χ4n) is 5.23. The third-order valence-electron chi connectivity index (χ3n) is 6.84. The summed E-state index contributed by atoms with van der Waals surface area (Å²) >= 11 is 5.98. The van der Waals surface area contributed by atoms with Crippen LogP contribution in [0.1, 0.15) is 37.3 Å². The maximum Gasteiger partial charge on any atom is 0.128 e. The van der Waals surface area contributed by atoms with Crippen LogP contribution in [0.3, 0.4) is 0 Å². The highest BCUT2D eigenvalue weighted by Crippen LogP contribution is 2.31. The molecule has 5 rings (SSSR count). The molecule has 0 amide bonds. The monoisotopic (exact) mass is 396 g/mol. The quantitative estimate of drug-likeness (QED) is 0.768. The van der Waals surface area contributed by atoms with E-state index in [1.54, 1.807) is 6.20 Å². The Hall–Kier alpha value is -1.78. The van der Waals surface area contributed by atoms with Crippen molar-refractivity contribution in [2.75, 3.05) is 36.0 Å². The molecule has 2 saturated heterocycles. The molecule has 28 heavy (non-hydrogen) atoms. The second kappa shape index (κ2) is 7.57. The van der Waals surface area contributed by atoms with E-state index in [0.717, 1.165) is 37.4 Å². The summed E-state index contributed by atoms with van der Waals surface area (Å²) in [7, 11) is 0. The molecule has 1 aromatic heterocycles. The minimum Gasteiger partial charge on any atom is -0.370 e. The number of fused-ring (bicyclic) bond motifs is 1. The minimum atomic E-state index is 0.693. The average molecular weight is 397 g/mol. The van der Waals surface area contributed by atoms with E-state index < -0.39 is 0 Å². The smallest absolute Gasteiger partial charge is 0.128 e. The molecule has 2 unspecified atom stereocenters. The first-order valence-electron chi connectivity index (χ1n) is 10.7. The SMILES string of the molecule is CC1CCCN1C1CCN(c2ccc3c(c2)CCN(c2ccc(Cl)cn2)C3)C1. The maximum atomic E-state index is 5.98. The third-order valence-corrected chi connectivity index (χ3v) is 7.06. The van der Waals surface area contributed by atoms with Crippen molar-refractivity contribution < 1.29 is 0 Å². The Balaban J connectivity index is 1.28. The first kappa shape index (κ1) is 18.3. The number of aromatic nitrogens is 1. The lowest BCUT2D eigenvalue weighted by Crippen LogP contribution is -2.39. The van der Waals surface area contributed by atoms with Crippen LogP contribution in [0.15, 0.2) is 36.5 Å². The number of hydrogen-bond donors (Lipinski definition) is 0. The summed E-state index contributed by atoms with van der Waals surface area (Å²) in [4.78, 5) is 12.2. The molecule has 3 aliphatic rings. The Morgan fingerprint density at radius 1 is 1.00 bits per heavy atom. The van der Waals surface area contributed by atoms with Gasteiger partial charge in [0, 0.05) is 50.1 Å². The van der Waals surface area contributed by atoms with Gasteiger partial charge in [0.25, 0.3) is 0 Å². The van der Waals surface area contributed by atoms with E-state index in [2.05, 4.69) is 44.8 Å². The molecule has 2 aromatic rings. The molecule has 0 radical (unpaired) electrons.